The monoisotopic (exact) mass is 329 g/mol. The zero-order chi connectivity index (χ0) is 17.9. The molecule has 0 atom stereocenters. The molecule has 1 aromatic heterocycles. The number of amides is 1. The van der Waals surface area contributed by atoms with Gasteiger partial charge < -0.3 is 14.6 Å². The first-order chi connectivity index (χ1) is 11.2. The van der Waals surface area contributed by atoms with Crippen LogP contribution in [-0.2, 0) is 11.2 Å². The molecule has 5 nitrogen and oxygen atoms in total. The molecule has 0 fully saturated rings. The minimum Gasteiger partial charge on any atom is -0.441 e. The second-order valence-corrected chi connectivity index (χ2v) is 7.05. The van der Waals surface area contributed by atoms with Crippen molar-refractivity contribution in [2.45, 2.75) is 39.7 Å². The Bertz CT molecular complexity index is 717. The minimum absolute atomic E-state index is 0.0443. The predicted octanol–water partition coefficient (Wildman–Crippen LogP) is 2.96. The molecule has 1 heterocycles. The molecule has 0 saturated carbocycles. The van der Waals surface area contributed by atoms with Crippen LogP contribution in [0.15, 0.2) is 28.7 Å². The fraction of sp³-hybridized carbons (Fsp3) is 0.474. The molecule has 0 aliphatic heterocycles. The van der Waals surface area contributed by atoms with Gasteiger partial charge in [0, 0.05) is 17.6 Å². The third-order valence-electron chi connectivity index (χ3n) is 4.41. The third kappa shape index (κ3) is 4.45. The summed E-state index contributed by atoms with van der Waals surface area (Å²) in [5, 5.41) is 2.98. The average molecular weight is 329 g/mol. The first-order valence-electron chi connectivity index (χ1n) is 8.16. The van der Waals surface area contributed by atoms with E-state index in [4.69, 9.17) is 4.42 Å². The zero-order valence-electron chi connectivity index (χ0n) is 15.4. The van der Waals surface area contributed by atoms with E-state index in [1.807, 2.05) is 52.2 Å². The Morgan fingerprint density at radius 2 is 2.00 bits per heavy atom. The van der Waals surface area contributed by atoms with Gasteiger partial charge >= 0.3 is 0 Å². The number of nitrogens with zero attached hydrogens (tertiary/aromatic N) is 2. The van der Waals surface area contributed by atoms with Crippen LogP contribution in [0, 0.1) is 13.8 Å². The summed E-state index contributed by atoms with van der Waals surface area (Å²) in [6, 6.07) is 7.98. The summed E-state index contributed by atoms with van der Waals surface area (Å²) in [6.45, 7) is 8.63. The Balaban J connectivity index is 2.04. The van der Waals surface area contributed by atoms with Gasteiger partial charge in [-0.05, 0) is 53.9 Å². The largest absolute Gasteiger partial charge is 0.441 e. The number of nitrogens with one attached hydrogen (secondary N) is 1. The maximum atomic E-state index is 12.2. The van der Waals surface area contributed by atoms with Crippen molar-refractivity contribution < 1.29 is 9.21 Å². The Hall–Kier alpha value is -2.14. The Morgan fingerprint density at radius 1 is 1.29 bits per heavy atom. The van der Waals surface area contributed by atoms with Gasteiger partial charge in [-0.3, -0.25) is 4.79 Å². The molecule has 130 valence electrons. The van der Waals surface area contributed by atoms with E-state index in [2.05, 4.69) is 29.0 Å². The average Bonchev–Trinajstić information content (AvgIpc) is 2.86. The van der Waals surface area contributed by atoms with Crippen LogP contribution in [0.5, 0.6) is 0 Å². The van der Waals surface area contributed by atoms with Crippen molar-refractivity contribution in [3.05, 3.63) is 41.3 Å². The van der Waals surface area contributed by atoms with Crippen molar-refractivity contribution in [2.75, 3.05) is 20.6 Å². The van der Waals surface area contributed by atoms with Crippen LogP contribution in [0.4, 0.5) is 0 Å². The van der Waals surface area contributed by atoms with Gasteiger partial charge in [-0.15, -0.1) is 0 Å². The molecule has 0 bridgehead atoms. The number of hydrogen-bond acceptors (Lipinski definition) is 4. The van der Waals surface area contributed by atoms with Crippen LogP contribution in [0.25, 0.3) is 11.5 Å². The van der Waals surface area contributed by atoms with Gasteiger partial charge in [-0.2, -0.15) is 0 Å². The standard InChI is InChI=1S/C19H27N3O2/c1-13-8-7-9-15(10-13)18-21-16(14(2)24-18)11-17(23)20-12-19(3,4)22(5)6/h7-10H,11-12H2,1-6H3,(H,20,23). The second-order valence-electron chi connectivity index (χ2n) is 7.05. The number of hydrogen-bond donors (Lipinski definition) is 1. The number of benzene rings is 1. The number of rotatable bonds is 6. The first-order valence-corrected chi connectivity index (χ1v) is 8.16. The smallest absolute Gasteiger partial charge is 0.226 e. The second kappa shape index (κ2) is 7.18. The van der Waals surface area contributed by atoms with Gasteiger partial charge in [-0.25, -0.2) is 4.98 Å². The molecule has 0 saturated heterocycles. The van der Waals surface area contributed by atoms with Gasteiger partial charge in [0.2, 0.25) is 11.8 Å². The van der Waals surface area contributed by atoms with Crippen LogP contribution in [0.2, 0.25) is 0 Å². The van der Waals surface area contributed by atoms with Gasteiger partial charge in [0.1, 0.15) is 5.76 Å². The normalized spacial score (nSPS) is 11.8. The lowest BCUT2D eigenvalue weighted by atomic mass is 10.0. The SMILES string of the molecule is Cc1cccc(-c2nc(CC(=O)NCC(C)(C)N(C)C)c(C)o2)c1. The van der Waals surface area contributed by atoms with E-state index < -0.39 is 0 Å². The summed E-state index contributed by atoms with van der Waals surface area (Å²) in [7, 11) is 4.00. The number of aryl methyl sites for hydroxylation is 2. The Labute approximate surface area is 144 Å². The van der Waals surface area contributed by atoms with Crippen LogP contribution in [-0.4, -0.2) is 42.0 Å². The highest BCUT2D eigenvalue weighted by Crippen LogP contribution is 2.22. The van der Waals surface area contributed by atoms with E-state index in [0.717, 1.165) is 11.1 Å². The molecule has 24 heavy (non-hydrogen) atoms. The Kier molecular flexibility index (Phi) is 5.44. The maximum Gasteiger partial charge on any atom is 0.226 e. The van der Waals surface area contributed by atoms with Crippen LogP contribution < -0.4 is 5.32 Å². The van der Waals surface area contributed by atoms with Crippen LogP contribution >= 0.6 is 0 Å². The van der Waals surface area contributed by atoms with Gasteiger partial charge in [-0.1, -0.05) is 17.7 Å². The fourth-order valence-corrected chi connectivity index (χ4v) is 2.18. The molecule has 1 aromatic carbocycles. The number of oxazole rings is 1. The molecule has 2 aromatic rings. The van der Waals surface area contributed by atoms with E-state index in [0.29, 0.717) is 23.9 Å². The van der Waals surface area contributed by atoms with E-state index in [1.165, 1.54) is 0 Å². The highest BCUT2D eigenvalue weighted by Gasteiger charge is 2.22. The van der Waals surface area contributed by atoms with Gasteiger partial charge in [0.15, 0.2) is 0 Å². The van der Waals surface area contributed by atoms with Crippen molar-refractivity contribution in [3.8, 4) is 11.5 Å². The van der Waals surface area contributed by atoms with Crippen molar-refractivity contribution in [2.24, 2.45) is 0 Å². The summed E-state index contributed by atoms with van der Waals surface area (Å²) < 4.78 is 5.74. The molecule has 1 N–H and O–H groups in total. The molecule has 1 amide bonds. The number of carbonyl (C=O) groups is 1. The minimum atomic E-state index is -0.0960. The van der Waals surface area contributed by atoms with E-state index in [9.17, 15) is 4.79 Å². The molecular formula is C19H27N3O2. The van der Waals surface area contributed by atoms with Crippen molar-refractivity contribution >= 4 is 5.91 Å². The molecule has 2 rings (SSSR count). The molecular weight excluding hydrogens is 302 g/mol. The summed E-state index contributed by atoms with van der Waals surface area (Å²) in [5.41, 5.74) is 2.67. The number of aromatic nitrogens is 1. The van der Waals surface area contributed by atoms with Crippen LogP contribution in [0.3, 0.4) is 0 Å². The highest BCUT2D eigenvalue weighted by atomic mass is 16.4. The van der Waals surface area contributed by atoms with Gasteiger partial charge in [0.05, 0.1) is 12.1 Å². The molecule has 5 heteroatoms. The molecule has 0 radical (unpaired) electrons. The maximum absolute atomic E-state index is 12.2. The summed E-state index contributed by atoms with van der Waals surface area (Å²) >= 11 is 0. The first kappa shape index (κ1) is 18.2. The lowest BCUT2D eigenvalue weighted by Gasteiger charge is -2.32. The summed E-state index contributed by atoms with van der Waals surface area (Å²) in [5.74, 6) is 1.21. The zero-order valence-corrected chi connectivity index (χ0v) is 15.4. The fourth-order valence-electron chi connectivity index (χ4n) is 2.18. The lowest BCUT2D eigenvalue weighted by Crippen LogP contribution is -2.48. The lowest BCUT2D eigenvalue weighted by molar-refractivity contribution is -0.121. The number of carbonyl (C=O) groups excluding carboxylic acids is 1. The van der Waals surface area contributed by atoms with Gasteiger partial charge in [0.25, 0.3) is 0 Å². The summed E-state index contributed by atoms with van der Waals surface area (Å²) in [4.78, 5) is 18.8. The third-order valence-corrected chi connectivity index (χ3v) is 4.41. The molecule has 0 aliphatic rings. The number of likely N-dealkylation sites (N-methyl/N-ethyl adjacent to an activating group) is 1. The van der Waals surface area contributed by atoms with E-state index >= 15 is 0 Å². The quantitative estimate of drug-likeness (QED) is 0.885. The predicted molar refractivity (Wildman–Crippen MR) is 95.9 cm³/mol. The molecule has 0 spiro atoms. The van der Waals surface area contributed by atoms with E-state index in [1.54, 1.807) is 0 Å². The van der Waals surface area contributed by atoms with E-state index in [-0.39, 0.29) is 17.9 Å². The molecule has 0 unspecified atom stereocenters. The Morgan fingerprint density at radius 3 is 2.62 bits per heavy atom. The van der Waals surface area contributed by atoms with Crippen molar-refractivity contribution in [3.63, 3.8) is 0 Å². The van der Waals surface area contributed by atoms with Crippen LogP contribution in [0.1, 0.15) is 30.9 Å². The summed E-state index contributed by atoms with van der Waals surface area (Å²) in [6.07, 6.45) is 0.227. The topological polar surface area (TPSA) is 58.4 Å². The molecule has 0 aliphatic carbocycles. The van der Waals surface area contributed by atoms with Crippen molar-refractivity contribution in [1.82, 2.24) is 15.2 Å². The van der Waals surface area contributed by atoms with Crippen molar-refractivity contribution in [1.29, 1.82) is 0 Å². The highest BCUT2D eigenvalue weighted by molar-refractivity contribution is 5.78.